The van der Waals surface area contributed by atoms with E-state index >= 15 is 0 Å². The summed E-state index contributed by atoms with van der Waals surface area (Å²) in [5.41, 5.74) is -6.46. The standard InChI is InChI=1S/C48H62N2O21/c1-17-35(54)25(52)14-27(64-17)68-42-19(3)66-29(16-46(42,4)50(61)62)67-40-18(2)65-28(15-26(40)53)69-43-34(49(7)8)39(58)45-70-41-23(48(43,6)71-45)13-24(51)31-32(41)37(56)22-12-21-20(36(55)30(22)38(31)57)10-11-47(5,60)33(21)44(59)63-9/h12-13,17-19,25-29,33-35,39-40,42-43,45,51-55,58,60H,10-11,14-16H2,1-9H3. The number of ether oxygens (including phenoxy) is 9. The number of aliphatic hydroxyl groups is 5. The van der Waals surface area contributed by atoms with E-state index in [1.54, 1.807) is 46.7 Å². The number of carbonyl (C=O) groups is 3. The molecule has 5 aliphatic heterocycles. The Kier molecular flexibility index (Phi) is 13.2. The van der Waals surface area contributed by atoms with Crippen molar-refractivity contribution < 1.29 is 97.7 Å². The monoisotopic (exact) mass is 1000 g/mol. The number of rotatable bonds is 9. The lowest BCUT2D eigenvalue weighted by Crippen LogP contribution is -2.70. The van der Waals surface area contributed by atoms with Gasteiger partial charge < -0.3 is 83.3 Å². The Morgan fingerprint density at radius 1 is 0.831 bits per heavy atom. The molecule has 19 atom stereocenters. The molecule has 5 heterocycles. The average molecular weight is 1000 g/mol. The highest BCUT2D eigenvalue weighted by atomic mass is 16.8. The quantitative estimate of drug-likeness (QED) is 0.0884. The zero-order valence-corrected chi connectivity index (χ0v) is 40.7. The first-order valence-electron chi connectivity index (χ1n) is 23.7. The molecule has 4 fully saturated rings. The number of phenols is 2. The molecule has 23 nitrogen and oxygen atoms in total. The number of fused-ring (bicyclic) bond motifs is 8. The Bertz CT molecular complexity index is 2480. The molecule has 390 valence electrons. The molecule has 0 spiro atoms. The second kappa shape index (κ2) is 18.2. The Morgan fingerprint density at radius 3 is 2.08 bits per heavy atom. The Hall–Kier alpha value is -4.47. The number of aliphatic hydroxyl groups excluding tert-OH is 4. The van der Waals surface area contributed by atoms with Gasteiger partial charge in [-0.1, -0.05) is 0 Å². The topological polar surface area (TPSA) is 322 Å². The molecule has 2 aromatic rings. The number of benzene rings is 2. The summed E-state index contributed by atoms with van der Waals surface area (Å²) in [6.45, 7) is 9.10. The smallest absolute Gasteiger partial charge is 0.316 e. The fourth-order valence-electron chi connectivity index (χ4n) is 11.9. The first kappa shape index (κ1) is 51.4. The van der Waals surface area contributed by atoms with Gasteiger partial charge >= 0.3 is 5.97 Å². The van der Waals surface area contributed by atoms with Crippen molar-refractivity contribution in [3.8, 4) is 17.2 Å². The van der Waals surface area contributed by atoms with Crippen LogP contribution in [0.2, 0.25) is 0 Å². The predicted octanol–water partition coefficient (Wildman–Crippen LogP) is 0.760. The van der Waals surface area contributed by atoms with Gasteiger partial charge in [-0.3, -0.25) is 24.5 Å². The third-order valence-electron chi connectivity index (χ3n) is 15.7. The number of hydrogen-bond donors (Lipinski definition) is 7. The Balaban J connectivity index is 0.982. The first-order valence-corrected chi connectivity index (χ1v) is 23.7. The van der Waals surface area contributed by atoms with Gasteiger partial charge in [-0.25, -0.2) is 0 Å². The van der Waals surface area contributed by atoms with Crippen LogP contribution in [0.1, 0.15) is 122 Å². The normalized spacial score (nSPS) is 41.8. The molecule has 19 unspecified atom stereocenters. The van der Waals surface area contributed by atoms with Gasteiger partial charge in [0, 0.05) is 35.8 Å². The largest absolute Gasteiger partial charge is 0.507 e. The molecule has 0 aromatic heterocycles. The van der Waals surface area contributed by atoms with E-state index in [1.165, 1.54) is 26.0 Å². The molecular formula is C48H62N2O21. The third kappa shape index (κ3) is 8.21. The Morgan fingerprint density at radius 2 is 1.46 bits per heavy atom. The summed E-state index contributed by atoms with van der Waals surface area (Å²) in [5, 5.41) is 91.5. The minimum Gasteiger partial charge on any atom is -0.507 e. The number of methoxy groups -OCH3 is 1. The van der Waals surface area contributed by atoms with Gasteiger partial charge in [-0.15, -0.1) is 0 Å². The van der Waals surface area contributed by atoms with Crippen LogP contribution >= 0.6 is 0 Å². The second-order valence-corrected chi connectivity index (χ2v) is 20.8. The number of likely N-dealkylation sites (N-methyl/N-ethyl adjacent to an activating group) is 1. The van der Waals surface area contributed by atoms with Gasteiger partial charge in [0.05, 0.1) is 72.4 Å². The van der Waals surface area contributed by atoms with Crippen LogP contribution < -0.4 is 4.74 Å². The fraction of sp³-hybridized carbons (Fsp3) is 0.688. The summed E-state index contributed by atoms with van der Waals surface area (Å²) in [7, 11) is 4.48. The molecule has 0 radical (unpaired) electrons. The molecule has 7 N–H and O–H groups in total. The molecule has 2 aliphatic carbocycles. The maximum Gasteiger partial charge on any atom is 0.316 e. The van der Waals surface area contributed by atoms with Crippen molar-refractivity contribution >= 4 is 17.5 Å². The molecule has 23 heteroatoms. The van der Waals surface area contributed by atoms with Crippen LogP contribution in [0.25, 0.3) is 0 Å². The number of carbonyl (C=O) groups excluding carboxylic acids is 3. The lowest BCUT2D eigenvalue weighted by Gasteiger charge is -2.56. The number of esters is 1. The number of aromatic hydroxyl groups is 2. The van der Waals surface area contributed by atoms with Crippen LogP contribution in [0.15, 0.2) is 12.1 Å². The average Bonchev–Trinajstić information content (AvgIpc) is 3.28. The molecule has 9 rings (SSSR count). The van der Waals surface area contributed by atoms with Crippen LogP contribution in [0.4, 0.5) is 0 Å². The maximum atomic E-state index is 14.9. The highest BCUT2D eigenvalue weighted by Gasteiger charge is 2.62. The molecule has 7 aliphatic rings. The van der Waals surface area contributed by atoms with E-state index in [1.807, 2.05) is 0 Å². The van der Waals surface area contributed by atoms with Gasteiger partial charge in [0.1, 0.15) is 53.2 Å². The predicted molar refractivity (Wildman–Crippen MR) is 238 cm³/mol. The second-order valence-electron chi connectivity index (χ2n) is 20.8. The van der Waals surface area contributed by atoms with Crippen LogP contribution in [0, 0.1) is 10.1 Å². The lowest BCUT2D eigenvalue weighted by molar-refractivity contribution is -0.599. The highest BCUT2D eigenvalue weighted by Crippen LogP contribution is 2.55. The lowest BCUT2D eigenvalue weighted by atomic mass is 9.69. The number of nitrogens with zero attached hydrogens (tertiary/aromatic N) is 2. The van der Waals surface area contributed by atoms with E-state index in [4.69, 9.17) is 42.6 Å². The zero-order valence-electron chi connectivity index (χ0n) is 40.7. The number of phenolic OH excluding ortho intramolecular Hbond substituents is 2. The van der Waals surface area contributed by atoms with Crippen molar-refractivity contribution in [2.24, 2.45) is 0 Å². The first-order chi connectivity index (χ1) is 33.2. The van der Waals surface area contributed by atoms with E-state index in [-0.39, 0.29) is 60.1 Å². The molecule has 0 amide bonds. The molecular weight excluding hydrogens is 941 g/mol. The summed E-state index contributed by atoms with van der Waals surface area (Å²) in [4.78, 5) is 56.3. The van der Waals surface area contributed by atoms with Crippen LogP contribution in [-0.2, 0) is 54.7 Å². The highest BCUT2D eigenvalue weighted by molar-refractivity contribution is 6.31. The van der Waals surface area contributed by atoms with E-state index in [2.05, 4.69) is 0 Å². The van der Waals surface area contributed by atoms with Gasteiger partial charge in [-0.2, -0.15) is 0 Å². The summed E-state index contributed by atoms with van der Waals surface area (Å²) in [6, 6.07) is 1.53. The van der Waals surface area contributed by atoms with Crippen molar-refractivity contribution in [3.63, 3.8) is 0 Å². The Labute approximate surface area is 407 Å². The van der Waals surface area contributed by atoms with Crippen LogP contribution in [0.5, 0.6) is 17.2 Å². The minimum absolute atomic E-state index is 0.0188. The van der Waals surface area contributed by atoms with Gasteiger partial charge in [0.25, 0.3) is 5.54 Å². The van der Waals surface area contributed by atoms with E-state index < -0.39 is 166 Å². The summed E-state index contributed by atoms with van der Waals surface area (Å²) in [6.07, 6.45) is -17.0. The number of ketones is 2. The fourth-order valence-corrected chi connectivity index (χ4v) is 11.9. The SMILES string of the molecule is COC(=O)C1c2cc3c(c(O)c2CCC1(C)O)C(=O)c1c(O)cc2c(c1C3=O)OC1OC2(C)C(OC2CC(O)C(OC3CC(C)([N+](=O)[O-])C(OC4CC(O)C(O)C(C)O4)C(C)O3)C(C)O2)C(N(C)C)C1O. The van der Waals surface area contributed by atoms with Crippen LogP contribution in [0.3, 0.4) is 0 Å². The molecule has 71 heavy (non-hydrogen) atoms. The van der Waals surface area contributed by atoms with Crippen molar-refractivity contribution in [3.05, 3.63) is 61.2 Å². The van der Waals surface area contributed by atoms with Gasteiger partial charge in [0.2, 0.25) is 12.1 Å². The van der Waals surface area contributed by atoms with Crippen molar-refractivity contribution in [2.75, 3.05) is 21.2 Å². The third-order valence-corrected chi connectivity index (χ3v) is 15.7. The molecule has 4 saturated heterocycles. The molecule has 2 aromatic carbocycles. The van der Waals surface area contributed by atoms with Crippen molar-refractivity contribution in [1.82, 2.24) is 4.90 Å². The summed E-state index contributed by atoms with van der Waals surface area (Å²) < 4.78 is 54.8. The van der Waals surface area contributed by atoms with Gasteiger partial charge in [-0.05, 0) is 84.8 Å². The van der Waals surface area contributed by atoms with Gasteiger partial charge in [0.15, 0.2) is 30.8 Å². The summed E-state index contributed by atoms with van der Waals surface area (Å²) >= 11 is 0. The van der Waals surface area contributed by atoms with E-state index in [9.17, 15) is 60.2 Å². The zero-order chi connectivity index (χ0) is 51.7. The summed E-state index contributed by atoms with van der Waals surface area (Å²) in [5.74, 6) is -5.42. The van der Waals surface area contributed by atoms with Crippen LogP contribution in [-0.4, -0.2) is 188 Å². The van der Waals surface area contributed by atoms with E-state index in [0.717, 1.165) is 7.11 Å². The van der Waals surface area contributed by atoms with Crippen molar-refractivity contribution in [1.29, 1.82) is 0 Å². The molecule has 2 bridgehead atoms. The number of hydrogen-bond acceptors (Lipinski definition) is 22. The molecule has 0 saturated carbocycles. The van der Waals surface area contributed by atoms with Crippen molar-refractivity contribution in [2.45, 2.75) is 189 Å². The number of nitro groups is 1. The van der Waals surface area contributed by atoms with E-state index in [0.29, 0.717) is 0 Å². The maximum absolute atomic E-state index is 14.9. The minimum atomic E-state index is -1.80.